The fourth-order valence-electron chi connectivity index (χ4n) is 5.62. The molecule has 1 saturated carbocycles. The molecule has 0 amide bonds. The van der Waals surface area contributed by atoms with Gasteiger partial charge in [0.2, 0.25) is 0 Å². The Morgan fingerprint density at radius 1 is 1.08 bits per heavy atom. The van der Waals surface area contributed by atoms with Crippen LogP contribution in [0.4, 0.5) is 13.2 Å². The van der Waals surface area contributed by atoms with Crippen LogP contribution in [0.1, 0.15) is 72.9 Å². The third-order valence-electron chi connectivity index (χ3n) is 7.79. The molecule has 2 aliphatic carbocycles. The molecule has 0 spiro atoms. The Labute approximate surface area is 214 Å². The van der Waals surface area contributed by atoms with Crippen molar-refractivity contribution in [2.45, 2.75) is 76.7 Å². The maximum absolute atomic E-state index is 13.7. The molecule has 5 rings (SSSR count). The van der Waals surface area contributed by atoms with E-state index in [0.717, 1.165) is 50.2 Å². The van der Waals surface area contributed by atoms with E-state index in [4.69, 9.17) is 9.57 Å². The predicted molar refractivity (Wildman–Crippen MR) is 132 cm³/mol. The first-order valence-electron chi connectivity index (χ1n) is 13.0. The minimum absolute atomic E-state index is 0.0794. The largest absolute Gasteiger partial charge is 0.490 e. The summed E-state index contributed by atoms with van der Waals surface area (Å²) in [6.07, 6.45) is -0.486. The summed E-state index contributed by atoms with van der Waals surface area (Å²) < 4.78 is 46.7. The van der Waals surface area contributed by atoms with Gasteiger partial charge in [-0.1, -0.05) is 23.4 Å². The maximum Gasteiger partial charge on any atom is 0.419 e. The molecule has 0 radical (unpaired) electrons. The number of nitrogens with zero attached hydrogens (tertiary/aromatic N) is 2. The Balaban J connectivity index is 1.21. The molecular weight excluding hydrogens is 485 g/mol. The van der Waals surface area contributed by atoms with E-state index in [-0.39, 0.29) is 30.4 Å². The Kier molecular flexibility index (Phi) is 7.47. The predicted octanol–water partition coefficient (Wildman–Crippen LogP) is 5.20. The van der Waals surface area contributed by atoms with Gasteiger partial charge in [0.1, 0.15) is 12.4 Å². The molecule has 9 heteroatoms. The van der Waals surface area contributed by atoms with Gasteiger partial charge in [0.15, 0.2) is 6.29 Å². The summed E-state index contributed by atoms with van der Waals surface area (Å²) in [5.74, 6) is -0.210. The average Bonchev–Trinajstić information content (AvgIpc) is 3.48. The van der Waals surface area contributed by atoms with E-state index in [1.54, 1.807) is 6.07 Å². The summed E-state index contributed by atoms with van der Waals surface area (Å²) in [5, 5.41) is 22.8. The molecule has 1 saturated heterocycles. The monoisotopic (exact) mass is 518 g/mol. The first-order valence-corrected chi connectivity index (χ1v) is 13.0. The van der Waals surface area contributed by atoms with Crippen LogP contribution in [0.3, 0.4) is 0 Å². The SMILES string of the molecule is C/C(=N\OCc1ccc(OC2CCCC2)c(C(F)(F)F)c1)c1ccc2c(c1)CCC2N1CC(C(O)O)C1. The Bertz CT molecular complexity index is 1140. The van der Waals surface area contributed by atoms with Crippen LogP contribution in [0.15, 0.2) is 41.6 Å². The van der Waals surface area contributed by atoms with Crippen molar-refractivity contribution in [1.29, 1.82) is 0 Å². The molecule has 3 aliphatic rings. The van der Waals surface area contributed by atoms with Gasteiger partial charge in [-0.3, -0.25) is 4.90 Å². The van der Waals surface area contributed by atoms with Crippen LogP contribution in [-0.4, -0.2) is 46.3 Å². The number of hydrogen-bond donors (Lipinski definition) is 2. The van der Waals surface area contributed by atoms with Crippen molar-refractivity contribution < 1.29 is 33.0 Å². The van der Waals surface area contributed by atoms with Crippen molar-refractivity contribution in [2.75, 3.05) is 13.1 Å². The van der Waals surface area contributed by atoms with E-state index in [1.165, 1.54) is 17.2 Å². The van der Waals surface area contributed by atoms with Gasteiger partial charge in [-0.05, 0) is 85.9 Å². The van der Waals surface area contributed by atoms with E-state index >= 15 is 0 Å². The molecule has 1 heterocycles. The summed E-state index contributed by atoms with van der Waals surface area (Å²) in [4.78, 5) is 7.72. The molecule has 200 valence electrons. The minimum atomic E-state index is -4.51. The zero-order chi connectivity index (χ0) is 26.2. The number of ether oxygens (including phenoxy) is 1. The van der Waals surface area contributed by atoms with Gasteiger partial charge in [-0.25, -0.2) is 0 Å². The highest BCUT2D eigenvalue weighted by Gasteiger charge is 2.39. The van der Waals surface area contributed by atoms with Crippen molar-refractivity contribution in [2.24, 2.45) is 11.1 Å². The van der Waals surface area contributed by atoms with Crippen LogP contribution in [-0.2, 0) is 24.0 Å². The molecule has 0 bridgehead atoms. The van der Waals surface area contributed by atoms with Gasteiger partial charge in [0.25, 0.3) is 0 Å². The van der Waals surface area contributed by atoms with E-state index in [2.05, 4.69) is 22.2 Å². The summed E-state index contributed by atoms with van der Waals surface area (Å²) in [6.45, 7) is 3.10. The molecule has 1 atom stereocenters. The summed E-state index contributed by atoms with van der Waals surface area (Å²) in [6, 6.07) is 10.5. The lowest BCUT2D eigenvalue weighted by molar-refractivity contribution is -0.139. The highest BCUT2D eigenvalue weighted by atomic mass is 19.4. The topological polar surface area (TPSA) is 74.5 Å². The minimum Gasteiger partial charge on any atom is -0.490 e. The number of likely N-dealkylation sites (tertiary alicyclic amines) is 1. The molecule has 2 fully saturated rings. The molecule has 6 nitrogen and oxygen atoms in total. The second kappa shape index (κ2) is 10.6. The number of hydrogen-bond acceptors (Lipinski definition) is 6. The lowest BCUT2D eigenvalue weighted by Crippen LogP contribution is -2.52. The lowest BCUT2D eigenvalue weighted by atomic mass is 9.94. The molecule has 0 aromatic heterocycles. The number of halogens is 3. The zero-order valence-electron chi connectivity index (χ0n) is 20.9. The molecule has 2 N–H and O–H groups in total. The van der Waals surface area contributed by atoms with Crippen molar-refractivity contribution >= 4 is 5.71 Å². The van der Waals surface area contributed by atoms with Crippen LogP contribution < -0.4 is 4.74 Å². The third kappa shape index (κ3) is 5.78. The average molecular weight is 519 g/mol. The number of fused-ring (bicyclic) bond motifs is 1. The fourth-order valence-corrected chi connectivity index (χ4v) is 5.62. The third-order valence-corrected chi connectivity index (χ3v) is 7.79. The van der Waals surface area contributed by atoms with Crippen molar-refractivity contribution in [3.05, 3.63) is 64.2 Å². The van der Waals surface area contributed by atoms with E-state index < -0.39 is 18.0 Å². The number of benzene rings is 2. The lowest BCUT2D eigenvalue weighted by Gasteiger charge is -2.44. The van der Waals surface area contributed by atoms with Crippen LogP contribution in [0, 0.1) is 5.92 Å². The van der Waals surface area contributed by atoms with Gasteiger partial charge in [0, 0.05) is 25.0 Å². The standard InChI is InChI=1S/C28H33F3N2O4/c1-17(19-7-9-23-20(13-19)8-10-25(23)33-14-21(15-33)27(34)35)32-36-16-18-6-11-26(24(12-18)28(29,30)31)37-22-4-2-3-5-22/h6-7,9,11-13,21-22,25,27,34-35H,2-5,8,10,14-16H2,1H3/b32-17+. The zero-order valence-corrected chi connectivity index (χ0v) is 20.9. The number of aliphatic hydroxyl groups is 2. The van der Waals surface area contributed by atoms with Crippen molar-refractivity contribution in [3.63, 3.8) is 0 Å². The second-order valence-corrected chi connectivity index (χ2v) is 10.4. The normalized spacial score (nSPS) is 21.4. The molecule has 1 unspecified atom stereocenters. The van der Waals surface area contributed by atoms with Gasteiger partial charge in [-0.2, -0.15) is 13.2 Å². The van der Waals surface area contributed by atoms with Crippen molar-refractivity contribution in [3.8, 4) is 5.75 Å². The molecular formula is C28H33F3N2O4. The van der Waals surface area contributed by atoms with E-state index in [9.17, 15) is 23.4 Å². The number of aliphatic hydroxyl groups excluding tert-OH is 1. The van der Waals surface area contributed by atoms with Crippen LogP contribution in [0.25, 0.3) is 0 Å². The van der Waals surface area contributed by atoms with Gasteiger partial charge in [-0.15, -0.1) is 0 Å². The van der Waals surface area contributed by atoms with Crippen LogP contribution in [0.5, 0.6) is 5.75 Å². The highest BCUT2D eigenvalue weighted by Crippen LogP contribution is 2.41. The fraction of sp³-hybridized carbons (Fsp3) is 0.536. The summed E-state index contributed by atoms with van der Waals surface area (Å²) in [5.41, 5.74) is 3.64. The highest BCUT2D eigenvalue weighted by molar-refractivity contribution is 5.98. The quantitative estimate of drug-likeness (QED) is 0.286. The Morgan fingerprint density at radius 3 is 2.54 bits per heavy atom. The summed E-state index contributed by atoms with van der Waals surface area (Å²) >= 11 is 0. The first-order chi connectivity index (χ1) is 17.7. The Morgan fingerprint density at radius 2 is 1.84 bits per heavy atom. The van der Waals surface area contributed by atoms with Gasteiger partial charge >= 0.3 is 6.18 Å². The molecule has 2 aromatic rings. The number of oxime groups is 1. The number of rotatable bonds is 8. The van der Waals surface area contributed by atoms with E-state index in [1.807, 2.05) is 13.0 Å². The molecule has 37 heavy (non-hydrogen) atoms. The number of alkyl halides is 3. The maximum atomic E-state index is 13.7. The Hall–Kier alpha value is -2.62. The van der Waals surface area contributed by atoms with Crippen LogP contribution >= 0.6 is 0 Å². The van der Waals surface area contributed by atoms with Crippen LogP contribution in [0.2, 0.25) is 0 Å². The first kappa shape index (κ1) is 26.0. The smallest absolute Gasteiger partial charge is 0.419 e. The second-order valence-electron chi connectivity index (χ2n) is 10.4. The van der Waals surface area contributed by atoms with Gasteiger partial charge in [0.05, 0.1) is 17.4 Å². The molecule has 2 aromatic carbocycles. The number of aryl methyl sites for hydroxylation is 1. The summed E-state index contributed by atoms with van der Waals surface area (Å²) in [7, 11) is 0. The molecule has 1 aliphatic heterocycles. The van der Waals surface area contributed by atoms with Gasteiger partial charge < -0.3 is 19.8 Å². The van der Waals surface area contributed by atoms with E-state index in [0.29, 0.717) is 24.4 Å². The van der Waals surface area contributed by atoms with Crippen molar-refractivity contribution in [1.82, 2.24) is 4.90 Å².